The van der Waals surface area contributed by atoms with E-state index in [9.17, 15) is 18.5 Å². The molecule has 0 bridgehead atoms. The molecule has 150 valence electrons. The highest BCUT2D eigenvalue weighted by Gasteiger charge is 2.29. The van der Waals surface area contributed by atoms with Crippen LogP contribution < -0.4 is 4.90 Å². The summed E-state index contributed by atoms with van der Waals surface area (Å²) in [5.41, 5.74) is 1.18. The van der Waals surface area contributed by atoms with E-state index in [-0.39, 0.29) is 10.6 Å². The van der Waals surface area contributed by atoms with Crippen molar-refractivity contribution in [3.8, 4) is 0 Å². The molecular formula is C19H22ClN3O4S. The van der Waals surface area contributed by atoms with Crippen LogP contribution in [-0.4, -0.2) is 50.7 Å². The summed E-state index contributed by atoms with van der Waals surface area (Å²) < 4.78 is 24.0. The van der Waals surface area contributed by atoms with Crippen LogP contribution in [0.15, 0.2) is 47.4 Å². The van der Waals surface area contributed by atoms with Crippen LogP contribution in [0, 0.1) is 10.1 Å². The monoisotopic (exact) mass is 423 g/mol. The highest BCUT2D eigenvalue weighted by Crippen LogP contribution is 2.35. The Hall–Kier alpha value is -2.16. The molecule has 0 aromatic heterocycles. The van der Waals surface area contributed by atoms with Gasteiger partial charge in [-0.1, -0.05) is 29.8 Å². The van der Waals surface area contributed by atoms with Gasteiger partial charge in [-0.2, -0.15) is 0 Å². The number of nitro benzene ring substituents is 1. The molecule has 1 fully saturated rings. The number of rotatable bonds is 5. The molecule has 1 aliphatic rings. The molecule has 0 radical (unpaired) electrons. The van der Waals surface area contributed by atoms with Crippen molar-refractivity contribution in [2.75, 3.05) is 37.3 Å². The molecule has 2 aromatic carbocycles. The second-order valence-corrected chi connectivity index (χ2v) is 9.32. The van der Waals surface area contributed by atoms with E-state index in [2.05, 4.69) is 4.90 Å². The fourth-order valence-corrected chi connectivity index (χ4v) is 4.45. The lowest BCUT2D eigenvalue weighted by Crippen LogP contribution is -2.31. The van der Waals surface area contributed by atoms with Gasteiger partial charge in [-0.15, -0.1) is 0 Å². The first-order valence-electron chi connectivity index (χ1n) is 8.95. The number of para-hydroxylation sites is 1. The van der Waals surface area contributed by atoms with E-state index in [1.165, 1.54) is 6.07 Å². The molecule has 0 unspecified atom stereocenters. The Balaban J connectivity index is 1.80. The first-order valence-corrected chi connectivity index (χ1v) is 11.2. The molecule has 2 aromatic rings. The average molecular weight is 424 g/mol. The quantitative estimate of drug-likeness (QED) is 0.541. The number of hydrogen-bond acceptors (Lipinski definition) is 6. The number of nitrogens with zero attached hydrogens (tertiary/aromatic N) is 3. The summed E-state index contributed by atoms with van der Waals surface area (Å²) in [4.78, 5) is 15.0. The molecule has 0 aliphatic carbocycles. The molecule has 1 saturated heterocycles. The number of benzene rings is 2. The Morgan fingerprint density at radius 1 is 1.07 bits per heavy atom. The largest absolute Gasteiger partial charge is 0.365 e. The minimum absolute atomic E-state index is 0.239. The second kappa shape index (κ2) is 8.46. The smallest absolute Gasteiger partial charge is 0.311 e. The molecule has 3 rings (SSSR count). The molecule has 0 atom stereocenters. The van der Waals surface area contributed by atoms with Crippen LogP contribution in [0.1, 0.15) is 12.0 Å². The Kier molecular flexibility index (Phi) is 6.22. The van der Waals surface area contributed by atoms with Gasteiger partial charge in [0.25, 0.3) is 0 Å². The van der Waals surface area contributed by atoms with Crippen LogP contribution in [0.5, 0.6) is 0 Å². The zero-order valence-corrected chi connectivity index (χ0v) is 17.1. The lowest BCUT2D eigenvalue weighted by Gasteiger charge is -2.24. The summed E-state index contributed by atoms with van der Waals surface area (Å²) in [6.07, 6.45) is 1.82. The van der Waals surface area contributed by atoms with E-state index in [4.69, 9.17) is 11.6 Å². The summed E-state index contributed by atoms with van der Waals surface area (Å²) in [6.45, 7) is 3.57. The topological polar surface area (TPSA) is 83.8 Å². The third-order valence-electron chi connectivity index (χ3n) is 4.81. The Morgan fingerprint density at radius 3 is 2.43 bits per heavy atom. The molecule has 0 N–H and O–H groups in total. The van der Waals surface area contributed by atoms with Crippen molar-refractivity contribution in [3.05, 3.63) is 63.2 Å². The predicted octanol–water partition coefficient (Wildman–Crippen LogP) is 3.36. The molecule has 28 heavy (non-hydrogen) atoms. The lowest BCUT2D eigenvalue weighted by atomic mass is 10.2. The number of hydrogen-bond donors (Lipinski definition) is 0. The van der Waals surface area contributed by atoms with Crippen molar-refractivity contribution < 1.29 is 13.3 Å². The van der Waals surface area contributed by atoms with Gasteiger partial charge in [0.15, 0.2) is 9.84 Å². The molecule has 0 spiro atoms. The summed E-state index contributed by atoms with van der Waals surface area (Å²) in [6, 6.07) is 12.2. The fraction of sp³-hybridized carbons (Fsp3) is 0.368. The first-order chi connectivity index (χ1) is 13.3. The minimum Gasteiger partial charge on any atom is -0.365 e. The van der Waals surface area contributed by atoms with Crippen LogP contribution in [0.3, 0.4) is 0 Å². The zero-order valence-electron chi connectivity index (χ0n) is 15.5. The maximum absolute atomic E-state index is 12.0. The number of nitro groups is 1. The summed E-state index contributed by atoms with van der Waals surface area (Å²) in [5.74, 6) is 0. The summed E-state index contributed by atoms with van der Waals surface area (Å²) in [5, 5.41) is 12.3. The summed E-state index contributed by atoms with van der Waals surface area (Å²) >= 11 is 5.93. The van der Waals surface area contributed by atoms with E-state index >= 15 is 0 Å². The van der Waals surface area contributed by atoms with Crippen molar-refractivity contribution in [2.45, 2.75) is 17.9 Å². The molecule has 9 heteroatoms. The van der Waals surface area contributed by atoms with Gasteiger partial charge in [0.1, 0.15) is 10.6 Å². The fourth-order valence-electron chi connectivity index (χ4n) is 3.47. The second-order valence-electron chi connectivity index (χ2n) is 6.90. The highest BCUT2D eigenvalue weighted by atomic mass is 35.5. The van der Waals surface area contributed by atoms with E-state index in [1.807, 2.05) is 29.2 Å². The minimum atomic E-state index is -3.69. The van der Waals surface area contributed by atoms with E-state index in [0.29, 0.717) is 23.8 Å². The third kappa shape index (κ3) is 4.81. The Labute approximate surface area is 169 Å². The highest BCUT2D eigenvalue weighted by molar-refractivity contribution is 7.90. The number of anilines is 1. The predicted molar refractivity (Wildman–Crippen MR) is 110 cm³/mol. The maximum atomic E-state index is 12.0. The lowest BCUT2D eigenvalue weighted by molar-refractivity contribution is -0.387. The SMILES string of the molecule is CS(=O)(=O)c1cccc(N2CCCN(Cc3ccc(Cl)cc3)CC2)c1[N+](=O)[O-]. The molecule has 0 amide bonds. The number of sulfone groups is 1. The van der Waals surface area contributed by atoms with Crippen molar-refractivity contribution >= 4 is 32.8 Å². The van der Waals surface area contributed by atoms with E-state index < -0.39 is 14.8 Å². The van der Waals surface area contributed by atoms with Crippen LogP contribution >= 0.6 is 11.6 Å². The molecule has 0 saturated carbocycles. The molecular weight excluding hydrogens is 402 g/mol. The van der Waals surface area contributed by atoms with Crippen LogP contribution in [0.2, 0.25) is 5.02 Å². The van der Waals surface area contributed by atoms with Crippen LogP contribution in [-0.2, 0) is 16.4 Å². The van der Waals surface area contributed by atoms with Gasteiger partial charge >= 0.3 is 5.69 Å². The van der Waals surface area contributed by atoms with E-state index in [1.54, 1.807) is 12.1 Å². The van der Waals surface area contributed by atoms with Gasteiger partial charge in [0, 0.05) is 44.0 Å². The maximum Gasteiger partial charge on any atom is 0.311 e. The normalized spacial score (nSPS) is 16.0. The van der Waals surface area contributed by atoms with Crippen molar-refractivity contribution in [1.82, 2.24) is 4.90 Å². The molecule has 7 nitrogen and oxygen atoms in total. The van der Waals surface area contributed by atoms with Gasteiger partial charge in [0.05, 0.1) is 4.92 Å². The van der Waals surface area contributed by atoms with Crippen LogP contribution in [0.4, 0.5) is 11.4 Å². The zero-order chi connectivity index (χ0) is 20.3. The average Bonchev–Trinajstić information content (AvgIpc) is 2.88. The molecule has 1 aliphatic heterocycles. The van der Waals surface area contributed by atoms with Gasteiger partial charge in [-0.25, -0.2) is 8.42 Å². The van der Waals surface area contributed by atoms with Crippen molar-refractivity contribution in [1.29, 1.82) is 0 Å². The van der Waals surface area contributed by atoms with Gasteiger partial charge in [-0.05, 0) is 36.2 Å². The standard InChI is InChI=1S/C19H22ClN3O4S/c1-28(26,27)18-5-2-4-17(19(18)23(24)25)22-11-3-10-21(12-13-22)14-15-6-8-16(20)9-7-15/h2,4-9H,3,10-14H2,1H3. The van der Waals surface area contributed by atoms with E-state index in [0.717, 1.165) is 37.9 Å². The van der Waals surface area contributed by atoms with Crippen LogP contribution in [0.25, 0.3) is 0 Å². The van der Waals surface area contributed by atoms with Crippen molar-refractivity contribution in [2.24, 2.45) is 0 Å². The number of halogens is 1. The van der Waals surface area contributed by atoms with Crippen molar-refractivity contribution in [3.63, 3.8) is 0 Å². The molecule has 1 heterocycles. The third-order valence-corrected chi connectivity index (χ3v) is 6.19. The summed E-state index contributed by atoms with van der Waals surface area (Å²) in [7, 11) is -3.69. The van der Waals surface area contributed by atoms with Gasteiger partial charge in [0.2, 0.25) is 0 Å². The Morgan fingerprint density at radius 2 is 1.79 bits per heavy atom. The Bertz CT molecular complexity index is 964. The first kappa shape index (κ1) is 20.6. The van der Waals surface area contributed by atoms with Gasteiger partial charge in [-0.3, -0.25) is 15.0 Å². The van der Waals surface area contributed by atoms with Gasteiger partial charge < -0.3 is 4.90 Å².